The summed E-state index contributed by atoms with van der Waals surface area (Å²) in [5, 5.41) is 0. The number of rotatable bonds is 7. The van der Waals surface area contributed by atoms with Crippen molar-refractivity contribution in [3.8, 4) is 0 Å². The number of allylic oxidation sites excluding steroid dienone is 1. The minimum Gasteiger partial charge on any atom is -0.457 e. The molecule has 20 heavy (non-hydrogen) atoms. The van der Waals surface area contributed by atoms with Gasteiger partial charge in [-0.05, 0) is 24.5 Å². The van der Waals surface area contributed by atoms with Gasteiger partial charge < -0.3 is 10.3 Å². The van der Waals surface area contributed by atoms with Crippen molar-refractivity contribution < 1.29 is 14.3 Å². The fourth-order valence-electron chi connectivity index (χ4n) is 1.78. The maximum absolute atomic E-state index is 11.6. The number of nitrogens with zero attached hydrogens (tertiary/aromatic N) is 2. The monoisotopic (exact) mass is 272 g/mol. The van der Waals surface area contributed by atoms with Crippen LogP contribution in [0.3, 0.4) is 0 Å². The number of unbranched alkanes of at least 4 members (excludes halogenated alkanes) is 1. The van der Waals surface area contributed by atoms with Crippen LogP contribution in [0.2, 0.25) is 0 Å². The Morgan fingerprint density at radius 3 is 2.75 bits per heavy atom. The normalized spacial score (nSPS) is 10.3. The Kier molecular flexibility index (Phi) is 7.01. The quantitative estimate of drug-likeness (QED) is 0.331. The Bertz CT molecular complexity index is 529. The standard InChI is InChI=1S/C16H20N2O2/c1-3-5-6-9-13-10-7-8-11-14(13)12-15(18-17)16(19)20-4-2/h6-11H,3-5,12H2,1-2H3/b9-6+. The Balaban J connectivity index is 2.91. The number of hydrogen-bond donors (Lipinski definition) is 0. The topological polar surface area (TPSA) is 62.7 Å². The highest BCUT2D eigenvalue weighted by Gasteiger charge is 2.22. The molecule has 1 rings (SSSR count). The molecule has 0 amide bonds. The number of hydrogen-bond acceptors (Lipinski definition) is 2. The first kappa shape index (κ1) is 15.9. The van der Waals surface area contributed by atoms with Crippen molar-refractivity contribution >= 4 is 17.8 Å². The average molecular weight is 272 g/mol. The van der Waals surface area contributed by atoms with Gasteiger partial charge in [-0.3, -0.25) is 0 Å². The first-order valence-corrected chi connectivity index (χ1v) is 6.85. The van der Waals surface area contributed by atoms with Crippen LogP contribution in [-0.4, -0.2) is 23.1 Å². The molecule has 0 aliphatic rings. The summed E-state index contributed by atoms with van der Waals surface area (Å²) < 4.78 is 4.86. The van der Waals surface area contributed by atoms with E-state index in [-0.39, 0.29) is 18.7 Å². The highest BCUT2D eigenvalue weighted by molar-refractivity contribution is 6.34. The highest BCUT2D eigenvalue weighted by atomic mass is 16.5. The molecule has 1 aromatic carbocycles. The molecule has 0 N–H and O–H groups in total. The molecule has 0 saturated heterocycles. The van der Waals surface area contributed by atoms with Crippen molar-refractivity contribution in [2.75, 3.05) is 6.61 Å². The zero-order chi connectivity index (χ0) is 14.8. The summed E-state index contributed by atoms with van der Waals surface area (Å²) in [4.78, 5) is 14.7. The third kappa shape index (κ3) is 4.82. The van der Waals surface area contributed by atoms with Crippen molar-refractivity contribution in [2.45, 2.75) is 33.1 Å². The van der Waals surface area contributed by atoms with Gasteiger partial charge in [0.15, 0.2) is 0 Å². The molecular weight excluding hydrogens is 252 g/mol. The van der Waals surface area contributed by atoms with Crippen LogP contribution in [0.4, 0.5) is 0 Å². The van der Waals surface area contributed by atoms with Crippen molar-refractivity contribution in [2.24, 2.45) is 0 Å². The molecular formula is C16H20N2O2. The minimum absolute atomic E-state index is 0.0168. The molecule has 4 nitrogen and oxygen atoms in total. The summed E-state index contributed by atoms with van der Waals surface area (Å²) in [7, 11) is 0. The molecule has 0 atom stereocenters. The Hall–Kier alpha value is -2.19. The molecule has 0 spiro atoms. The van der Waals surface area contributed by atoms with Crippen LogP contribution in [0.25, 0.3) is 11.6 Å². The lowest BCUT2D eigenvalue weighted by Crippen LogP contribution is -2.21. The lowest BCUT2D eigenvalue weighted by molar-refractivity contribution is -0.140. The van der Waals surface area contributed by atoms with Gasteiger partial charge in [0.2, 0.25) is 0 Å². The summed E-state index contributed by atoms with van der Waals surface area (Å²) in [6.45, 7) is 4.09. The van der Waals surface area contributed by atoms with Crippen LogP contribution in [0.5, 0.6) is 0 Å². The molecule has 0 fully saturated rings. The second-order valence-corrected chi connectivity index (χ2v) is 4.33. The van der Waals surface area contributed by atoms with Crippen LogP contribution in [-0.2, 0) is 16.0 Å². The molecule has 106 valence electrons. The number of benzene rings is 1. The molecule has 0 aliphatic carbocycles. The summed E-state index contributed by atoms with van der Waals surface area (Å²) in [6.07, 6.45) is 6.47. The van der Waals surface area contributed by atoms with E-state index in [4.69, 9.17) is 10.3 Å². The van der Waals surface area contributed by atoms with Crippen molar-refractivity contribution in [3.05, 3.63) is 47.0 Å². The van der Waals surface area contributed by atoms with Gasteiger partial charge in [-0.2, -0.15) is 4.79 Å². The Labute approximate surface area is 119 Å². The van der Waals surface area contributed by atoms with E-state index < -0.39 is 5.97 Å². The van der Waals surface area contributed by atoms with Crippen molar-refractivity contribution in [3.63, 3.8) is 0 Å². The van der Waals surface area contributed by atoms with Crippen LogP contribution in [0, 0.1) is 0 Å². The first-order chi connectivity index (χ1) is 9.72. The van der Waals surface area contributed by atoms with Crippen LogP contribution < -0.4 is 0 Å². The zero-order valence-electron chi connectivity index (χ0n) is 12.0. The van der Waals surface area contributed by atoms with Gasteiger partial charge in [0.1, 0.15) is 0 Å². The lowest BCUT2D eigenvalue weighted by Gasteiger charge is -2.03. The predicted octanol–water partition coefficient (Wildman–Crippen LogP) is 3.28. The van der Waals surface area contributed by atoms with Gasteiger partial charge in [0, 0.05) is 0 Å². The van der Waals surface area contributed by atoms with Crippen LogP contribution in [0.15, 0.2) is 30.3 Å². The van der Waals surface area contributed by atoms with E-state index in [1.54, 1.807) is 6.92 Å². The molecule has 1 aromatic rings. The molecule has 4 heteroatoms. The van der Waals surface area contributed by atoms with Gasteiger partial charge in [0.05, 0.1) is 13.0 Å². The van der Waals surface area contributed by atoms with Crippen molar-refractivity contribution in [1.29, 1.82) is 0 Å². The number of carbonyl (C=O) groups is 1. The molecule has 0 aromatic heterocycles. The van der Waals surface area contributed by atoms with Gasteiger partial charge in [-0.15, -0.1) is 0 Å². The maximum Gasteiger partial charge on any atom is 0.417 e. The smallest absolute Gasteiger partial charge is 0.417 e. The second kappa shape index (κ2) is 8.83. The highest BCUT2D eigenvalue weighted by Crippen LogP contribution is 2.13. The van der Waals surface area contributed by atoms with E-state index in [2.05, 4.69) is 17.8 Å². The van der Waals surface area contributed by atoms with E-state index in [1.165, 1.54) is 0 Å². The first-order valence-electron chi connectivity index (χ1n) is 6.85. The van der Waals surface area contributed by atoms with Gasteiger partial charge in [-0.25, -0.2) is 4.79 Å². The number of carbonyl (C=O) groups excluding carboxylic acids is 1. The lowest BCUT2D eigenvalue weighted by atomic mass is 10.0. The molecule has 0 unspecified atom stereocenters. The third-order valence-electron chi connectivity index (χ3n) is 2.80. The molecule has 0 saturated carbocycles. The predicted molar refractivity (Wildman–Crippen MR) is 79.3 cm³/mol. The molecule has 0 heterocycles. The van der Waals surface area contributed by atoms with Crippen LogP contribution >= 0.6 is 0 Å². The maximum atomic E-state index is 11.6. The molecule has 0 radical (unpaired) electrons. The average Bonchev–Trinajstić information content (AvgIpc) is 2.46. The van der Waals surface area contributed by atoms with E-state index in [9.17, 15) is 4.79 Å². The van der Waals surface area contributed by atoms with Gasteiger partial charge >= 0.3 is 11.7 Å². The molecule has 0 aliphatic heterocycles. The third-order valence-corrected chi connectivity index (χ3v) is 2.80. The fourth-order valence-corrected chi connectivity index (χ4v) is 1.78. The second-order valence-electron chi connectivity index (χ2n) is 4.33. The Morgan fingerprint density at radius 2 is 2.10 bits per heavy atom. The summed E-state index contributed by atoms with van der Waals surface area (Å²) >= 11 is 0. The summed E-state index contributed by atoms with van der Waals surface area (Å²) in [5.74, 6) is -0.581. The van der Waals surface area contributed by atoms with Gasteiger partial charge in [-0.1, -0.05) is 49.8 Å². The van der Waals surface area contributed by atoms with Gasteiger partial charge in [0.25, 0.3) is 0 Å². The van der Waals surface area contributed by atoms with E-state index in [0.717, 1.165) is 24.0 Å². The van der Waals surface area contributed by atoms with Crippen molar-refractivity contribution in [1.82, 2.24) is 0 Å². The molecule has 0 bridgehead atoms. The number of ether oxygens (including phenoxy) is 1. The zero-order valence-corrected chi connectivity index (χ0v) is 12.0. The Morgan fingerprint density at radius 1 is 1.35 bits per heavy atom. The summed E-state index contributed by atoms with van der Waals surface area (Å²) in [6, 6.07) is 7.72. The SMILES string of the molecule is CCC/C=C/c1ccccc1CC(=[N+]=[N-])C(=O)OCC. The van der Waals surface area contributed by atoms with E-state index >= 15 is 0 Å². The van der Waals surface area contributed by atoms with E-state index in [0.29, 0.717) is 0 Å². The number of esters is 1. The van der Waals surface area contributed by atoms with Crippen LogP contribution in [0.1, 0.15) is 37.8 Å². The largest absolute Gasteiger partial charge is 0.457 e. The summed E-state index contributed by atoms with van der Waals surface area (Å²) in [5.41, 5.74) is 10.9. The minimum atomic E-state index is -0.581. The van der Waals surface area contributed by atoms with E-state index in [1.807, 2.05) is 30.3 Å². The fraction of sp³-hybridized carbons (Fsp3) is 0.375.